The average Bonchev–Trinajstić information content (AvgIpc) is 2.44. The minimum Gasteiger partial charge on any atom is -0.327 e. The Bertz CT molecular complexity index is 417. The Morgan fingerprint density at radius 2 is 1.89 bits per heavy atom. The van der Waals surface area contributed by atoms with Crippen LogP contribution in [0.25, 0.3) is 0 Å². The van der Waals surface area contributed by atoms with E-state index in [1.54, 1.807) is 11.1 Å². The van der Waals surface area contributed by atoms with E-state index < -0.39 is 0 Å². The molecular formula is C18H27N. The summed E-state index contributed by atoms with van der Waals surface area (Å²) in [6.07, 6.45) is 9.39. The van der Waals surface area contributed by atoms with Crippen molar-refractivity contribution in [3.05, 3.63) is 35.4 Å². The van der Waals surface area contributed by atoms with E-state index in [2.05, 4.69) is 31.2 Å². The van der Waals surface area contributed by atoms with Gasteiger partial charge in [0, 0.05) is 6.04 Å². The summed E-state index contributed by atoms with van der Waals surface area (Å²) in [5.74, 6) is 2.51. The van der Waals surface area contributed by atoms with Crippen LogP contribution in [-0.2, 0) is 6.42 Å². The van der Waals surface area contributed by atoms with Gasteiger partial charge in [0.15, 0.2) is 0 Å². The van der Waals surface area contributed by atoms with E-state index in [1.807, 2.05) is 0 Å². The monoisotopic (exact) mass is 257 g/mol. The summed E-state index contributed by atoms with van der Waals surface area (Å²) in [7, 11) is 0. The molecular weight excluding hydrogens is 230 g/mol. The fourth-order valence-corrected chi connectivity index (χ4v) is 4.12. The van der Waals surface area contributed by atoms with Crippen LogP contribution in [0.15, 0.2) is 24.3 Å². The summed E-state index contributed by atoms with van der Waals surface area (Å²) < 4.78 is 0. The summed E-state index contributed by atoms with van der Waals surface area (Å²) >= 11 is 0. The predicted molar refractivity (Wildman–Crippen MR) is 81.2 cm³/mol. The number of benzene rings is 1. The fourth-order valence-electron chi connectivity index (χ4n) is 4.12. The van der Waals surface area contributed by atoms with Gasteiger partial charge < -0.3 is 5.73 Å². The molecule has 1 nitrogen and oxygen atoms in total. The van der Waals surface area contributed by atoms with Crippen LogP contribution in [0, 0.1) is 11.8 Å². The van der Waals surface area contributed by atoms with Crippen LogP contribution in [-0.4, -0.2) is 6.04 Å². The maximum atomic E-state index is 6.50. The molecule has 0 heterocycles. The Morgan fingerprint density at radius 1 is 1.16 bits per heavy atom. The molecule has 0 radical (unpaired) electrons. The van der Waals surface area contributed by atoms with Gasteiger partial charge in [-0.05, 0) is 54.6 Å². The van der Waals surface area contributed by atoms with Gasteiger partial charge in [-0.3, -0.25) is 0 Å². The van der Waals surface area contributed by atoms with E-state index in [1.165, 1.54) is 44.9 Å². The van der Waals surface area contributed by atoms with Gasteiger partial charge in [0.1, 0.15) is 0 Å². The first kappa shape index (κ1) is 13.2. The maximum Gasteiger partial charge on any atom is 0.00731 e. The molecule has 104 valence electrons. The second-order valence-corrected chi connectivity index (χ2v) is 6.69. The third-order valence-electron chi connectivity index (χ3n) is 5.59. The molecule has 1 fully saturated rings. The van der Waals surface area contributed by atoms with Crippen LogP contribution in [0.2, 0.25) is 0 Å². The van der Waals surface area contributed by atoms with Crippen molar-refractivity contribution in [3.8, 4) is 0 Å². The number of fused-ring (bicyclic) bond motifs is 1. The molecule has 0 amide bonds. The molecule has 0 aromatic heterocycles. The molecule has 1 aromatic rings. The molecule has 3 rings (SSSR count). The molecule has 0 bridgehead atoms. The molecule has 2 unspecified atom stereocenters. The van der Waals surface area contributed by atoms with Gasteiger partial charge in [-0.25, -0.2) is 0 Å². The van der Waals surface area contributed by atoms with E-state index in [0.717, 1.165) is 17.8 Å². The lowest BCUT2D eigenvalue weighted by molar-refractivity contribution is 0.225. The minimum atomic E-state index is 0.427. The summed E-state index contributed by atoms with van der Waals surface area (Å²) in [4.78, 5) is 0. The van der Waals surface area contributed by atoms with E-state index in [-0.39, 0.29) is 0 Å². The molecule has 1 saturated carbocycles. The predicted octanol–water partition coefficient (Wildman–Crippen LogP) is 4.26. The lowest BCUT2D eigenvalue weighted by Gasteiger charge is -2.37. The Labute approximate surface area is 117 Å². The van der Waals surface area contributed by atoms with Crippen LogP contribution < -0.4 is 5.73 Å². The van der Waals surface area contributed by atoms with E-state index in [4.69, 9.17) is 5.73 Å². The van der Waals surface area contributed by atoms with Crippen LogP contribution in [0.5, 0.6) is 0 Å². The van der Waals surface area contributed by atoms with Crippen molar-refractivity contribution in [3.63, 3.8) is 0 Å². The Kier molecular flexibility index (Phi) is 3.93. The van der Waals surface area contributed by atoms with Gasteiger partial charge >= 0.3 is 0 Å². The summed E-state index contributed by atoms with van der Waals surface area (Å²) in [5.41, 5.74) is 9.62. The highest BCUT2D eigenvalue weighted by atomic mass is 14.7. The number of hydrogen-bond donors (Lipinski definition) is 1. The smallest absolute Gasteiger partial charge is 0.00731 e. The summed E-state index contributed by atoms with van der Waals surface area (Å²) in [6.45, 7) is 2.33. The van der Waals surface area contributed by atoms with E-state index in [9.17, 15) is 0 Å². The minimum absolute atomic E-state index is 0.427. The molecule has 1 aromatic carbocycles. The van der Waals surface area contributed by atoms with Crippen LogP contribution in [0.3, 0.4) is 0 Å². The van der Waals surface area contributed by atoms with Crippen LogP contribution in [0.1, 0.15) is 62.5 Å². The van der Waals surface area contributed by atoms with Crippen molar-refractivity contribution in [2.24, 2.45) is 17.6 Å². The third-order valence-corrected chi connectivity index (χ3v) is 5.59. The molecule has 2 aliphatic carbocycles. The molecule has 2 N–H and O–H groups in total. The lowest BCUT2D eigenvalue weighted by atomic mass is 9.70. The molecule has 2 atom stereocenters. The zero-order chi connectivity index (χ0) is 13.2. The molecule has 19 heavy (non-hydrogen) atoms. The van der Waals surface area contributed by atoms with Crippen molar-refractivity contribution in [2.45, 2.75) is 63.8 Å². The first-order valence-electron chi connectivity index (χ1n) is 8.11. The Hall–Kier alpha value is -0.820. The van der Waals surface area contributed by atoms with Crippen molar-refractivity contribution < 1.29 is 0 Å². The number of rotatable bonds is 4. The zero-order valence-corrected chi connectivity index (χ0v) is 12.1. The molecule has 0 aliphatic heterocycles. The Balaban J connectivity index is 1.52. The SMILES string of the molecule is CCC1CCC(C(N)CC2Cc3ccccc32)CC1. The first-order valence-corrected chi connectivity index (χ1v) is 8.11. The van der Waals surface area contributed by atoms with Crippen molar-refractivity contribution in [1.82, 2.24) is 0 Å². The lowest BCUT2D eigenvalue weighted by Crippen LogP contribution is -2.36. The van der Waals surface area contributed by atoms with Crippen molar-refractivity contribution in [2.75, 3.05) is 0 Å². The van der Waals surface area contributed by atoms with E-state index >= 15 is 0 Å². The standard InChI is InChI=1S/C18H27N/c1-2-13-7-9-14(10-8-13)18(19)12-16-11-15-5-3-4-6-17(15)16/h3-6,13-14,16,18H,2,7-12,19H2,1H3. The first-order chi connectivity index (χ1) is 9.28. The van der Waals surface area contributed by atoms with Gasteiger partial charge in [0.25, 0.3) is 0 Å². The van der Waals surface area contributed by atoms with Gasteiger partial charge in [0.05, 0.1) is 0 Å². The Morgan fingerprint density at radius 3 is 2.58 bits per heavy atom. The van der Waals surface area contributed by atoms with Crippen molar-refractivity contribution in [1.29, 1.82) is 0 Å². The highest BCUT2D eigenvalue weighted by molar-refractivity contribution is 5.39. The van der Waals surface area contributed by atoms with Gasteiger partial charge in [-0.2, -0.15) is 0 Å². The molecule has 1 heteroatoms. The normalized spacial score (nSPS) is 31.4. The second-order valence-electron chi connectivity index (χ2n) is 6.69. The maximum absolute atomic E-state index is 6.50. The highest BCUT2D eigenvalue weighted by Gasteiger charge is 2.31. The van der Waals surface area contributed by atoms with Crippen LogP contribution >= 0.6 is 0 Å². The van der Waals surface area contributed by atoms with Crippen LogP contribution in [0.4, 0.5) is 0 Å². The molecule has 0 saturated heterocycles. The second kappa shape index (κ2) is 5.66. The van der Waals surface area contributed by atoms with Gasteiger partial charge in [-0.15, -0.1) is 0 Å². The largest absolute Gasteiger partial charge is 0.327 e. The number of nitrogens with two attached hydrogens (primary N) is 1. The zero-order valence-electron chi connectivity index (χ0n) is 12.1. The summed E-state index contributed by atoms with van der Waals surface area (Å²) in [6, 6.07) is 9.31. The quantitative estimate of drug-likeness (QED) is 0.857. The van der Waals surface area contributed by atoms with Gasteiger partial charge in [-0.1, -0.05) is 50.5 Å². The topological polar surface area (TPSA) is 26.0 Å². The molecule has 2 aliphatic rings. The number of hydrogen-bond acceptors (Lipinski definition) is 1. The third kappa shape index (κ3) is 2.72. The van der Waals surface area contributed by atoms with Gasteiger partial charge in [0.2, 0.25) is 0 Å². The summed E-state index contributed by atoms with van der Waals surface area (Å²) in [5, 5.41) is 0. The molecule has 0 spiro atoms. The fraction of sp³-hybridized carbons (Fsp3) is 0.667. The van der Waals surface area contributed by atoms with Crippen molar-refractivity contribution >= 4 is 0 Å². The average molecular weight is 257 g/mol. The highest BCUT2D eigenvalue weighted by Crippen LogP contribution is 2.40. The van der Waals surface area contributed by atoms with E-state index in [0.29, 0.717) is 6.04 Å².